The molecule has 1 aromatic heterocycles. The van der Waals surface area contributed by atoms with Crippen LogP contribution in [0.4, 0.5) is 18.9 Å². The highest BCUT2D eigenvalue weighted by atomic mass is 19.4. The van der Waals surface area contributed by atoms with Crippen molar-refractivity contribution in [3.8, 4) is 6.07 Å². The van der Waals surface area contributed by atoms with Gasteiger partial charge in [-0.1, -0.05) is 0 Å². The van der Waals surface area contributed by atoms with Gasteiger partial charge in [0, 0.05) is 50.6 Å². The fourth-order valence-corrected chi connectivity index (χ4v) is 5.50. The topological polar surface area (TPSA) is 82.4 Å². The Labute approximate surface area is 207 Å². The maximum absolute atomic E-state index is 13.5. The maximum Gasteiger partial charge on any atom is 0.417 e. The molecule has 1 aliphatic carbocycles. The van der Waals surface area contributed by atoms with E-state index in [-0.39, 0.29) is 22.8 Å². The maximum atomic E-state index is 13.5. The van der Waals surface area contributed by atoms with Gasteiger partial charge in [0.1, 0.15) is 12.0 Å². The predicted octanol–water partition coefficient (Wildman–Crippen LogP) is 4.15. The minimum atomic E-state index is -4.59. The van der Waals surface area contributed by atoms with Crippen LogP contribution < -0.4 is 4.90 Å². The lowest BCUT2D eigenvalue weighted by Crippen LogP contribution is -2.45. The van der Waals surface area contributed by atoms with E-state index in [1.165, 1.54) is 25.2 Å². The van der Waals surface area contributed by atoms with Crippen molar-refractivity contribution in [2.75, 3.05) is 44.3 Å². The number of carbonyl (C=O) groups is 1. The minimum absolute atomic E-state index is 0.134. The van der Waals surface area contributed by atoms with Gasteiger partial charge in [-0.25, -0.2) is 9.97 Å². The Morgan fingerprint density at radius 1 is 1.19 bits per heavy atom. The molecule has 10 heteroatoms. The van der Waals surface area contributed by atoms with Crippen LogP contribution in [0.25, 0.3) is 0 Å². The van der Waals surface area contributed by atoms with Crippen LogP contribution in [0.1, 0.15) is 47.3 Å². The molecule has 36 heavy (non-hydrogen) atoms. The quantitative estimate of drug-likeness (QED) is 0.594. The first-order chi connectivity index (χ1) is 17.3. The van der Waals surface area contributed by atoms with Gasteiger partial charge in [-0.15, -0.1) is 0 Å². The Kier molecular flexibility index (Phi) is 6.60. The zero-order valence-corrected chi connectivity index (χ0v) is 19.9. The van der Waals surface area contributed by atoms with Gasteiger partial charge in [-0.3, -0.25) is 4.79 Å². The van der Waals surface area contributed by atoms with E-state index >= 15 is 0 Å². The van der Waals surface area contributed by atoms with Gasteiger partial charge < -0.3 is 14.5 Å². The molecule has 2 aliphatic heterocycles. The number of aromatic nitrogens is 2. The fraction of sp³-hybridized carbons (Fsp3) is 0.538. The molecule has 0 radical (unpaired) electrons. The number of likely N-dealkylation sites (tertiary alicyclic amines) is 1. The number of anilines is 1. The minimum Gasteiger partial charge on any atom is -0.381 e. The highest BCUT2D eigenvalue weighted by molar-refractivity contribution is 5.92. The van der Waals surface area contributed by atoms with E-state index < -0.39 is 11.7 Å². The third-order valence-electron chi connectivity index (χ3n) is 7.82. The molecule has 190 valence electrons. The van der Waals surface area contributed by atoms with Crippen LogP contribution in [0, 0.1) is 28.6 Å². The molecule has 7 nitrogen and oxygen atoms in total. The van der Waals surface area contributed by atoms with Gasteiger partial charge >= 0.3 is 6.18 Å². The highest BCUT2D eigenvalue weighted by Gasteiger charge is 2.49. The first-order valence-electron chi connectivity index (χ1n) is 12.3. The average molecular weight is 500 g/mol. The van der Waals surface area contributed by atoms with Gasteiger partial charge in [0.25, 0.3) is 5.91 Å². The second kappa shape index (κ2) is 9.69. The Balaban J connectivity index is 1.32. The standard InChI is InChI=1S/C26H28F3N5O2/c27-26(28,29)22-11-21(4-3-19(22)12-30)33-9-6-25(7-10-33)16-34(24(35)23-5-8-31-17-32-23)13-20(25)15-36-14-18-1-2-18/h3-5,8,11,17-18,20H,1-2,6-7,9-10,13-16H2. The third-order valence-corrected chi connectivity index (χ3v) is 7.82. The summed E-state index contributed by atoms with van der Waals surface area (Å²) in [6.07, 6.45) is 2.20. The van der Waals surface area contributed by atoms with Crippen molar-refractivity contribution in [1.82, 2.24) is 14.9 Å². The van der Waals surface area contributed by atoms with Gasteiger partial charge in [0.15, 0.2) is 0 Å². The molecule has 1 amide bonds. The van der Waals surface area contributed by atoms with Crippen molar-refractivity contribution in [3.05, 3.63) is 53.6 Å². The van der Waals surface area contributed by atoms with Crippen molar-refractivity contribution in [2.45, 2.75) is 31.9 Å². The SMILES string of the molecule is N#Cc1ccc(N2CCC3(CC2)CN(C(=O)c2ccncn2)CC3COCC2CC2)cc1C(F)(F)F. The van der Waals surface area contributed by atoms with Crippen LogP contribution in [0.2, 0.25) is 0 Å². The van der Waals surface area contributed by atoms with Crippen molar-refractivity contribution in [2.24, 2.45) is 17.3 Å². The molecule has 1 aromatic carbocycles. The number of amides is 1. The Bertz CT molecular complexity index is 1140. The summed E-state index contributed by atoms with van der Waals surface area (Å²) in [7, 11) is 0. The first-order valence-corrected chi connectivity index (χ1v) is 12.3. The lowest BCUT2D eigenvalue weighted by molar-refractivity contribution is -0.137. The number of nitrogens with zero attached hydrogens (tertiary/aromatic N) is 5. The van der Waals surface area contributed by atoms with Gasteiger partial charge in [0.2, 0.25) is 0 Å². The first kappa shape index (κ1) is 24.5. The summed E-state index contributed by atoms with van der Waals surface area (Å²) in [4.78, 5) is 24.9. The number of hydrogen-bond acceptors (Lipinski definition) is 6. The molecule has 2 aromatic rings. The molecule has 1 atom stereocenters. The number of piperidine rings is 1. The molecular weight excluding hydrogens is 471 g/mol. The summed E-state index contributed by atoms with van der Waals surface area (Å²) in [6, 6.07) is 7.15. The number of ether oxygens (including phenoxy) is 1. The summed E-state index contributed by atoms with van der Waals surface area (Å²) in [5.74, 6) is 0.656. The molecule has 2 saturated heterocycles. The normalized spacial score (nSPS) is 21.6. The Morgan fingerprint density at radius 2 is 1.97 bits per heavy atom. The number of hydrogen-bond donors (Lipinski definition) is 0. The van der Waals surface area contributed by atoms with Crippen molar-refractivity contribution in [3.63, 3.8) is 0 Å². The summed E-state index contributed by atoms with van der Waals surface area (Å²) < 4.78 is 46.5. The van der Waals surface area contributed by atoms with E-state index in [0.717, 1.165) is 25.5 Å². The van der Waals surface area contributed by atoms with Gasteiger partial charge in [-0.2, -0.15) is 18.4 Å². The number of rotatable bonds is 6. The van der Waals surface area contributed by atoms with E-state index in [1.54, 1.807) is 24.4 Å². The molecule has 3 fully saturated rings. The highest BCUT2D eigenvalue weighted by Crippen LogP contribution is 2.46. The monoisotopic (exact) mass is 499 g/mol. The number of nitriles is 1. The number of carbonyl (C=O) groups excluding carboxylic acids is 1. The number of halogens is 3. The van der Waals surface area contributed by atoms with Crippen LogP contribution in [-0.4, -0.2) is 60.2 Å². The van der Waals surface area contributed by atoms with Crippen LogP contribution in [0.5, 0.6) is 0 Å². The van der Waals surface area contributed by atoms with Crippen LogP contribution in [0.15, 0.2) is 36.8 Å². The summed E-state index contributed by atoms with van der Waals surface area (Å²) in [5.41, 5.74) is -0.625. The molecule has 1 saturated carbocycles. The molecule has 3 heterocycles. The van der Waals surface area contributed by atoms with Crippen LogP contribution in [-0.2, 0) is 10.9 Å². The molecule has 0 N–H and O–H groups in total. The van der Waals surface area contributed by atoms with Crippen LogP contribution in [0.3, 0.4) is 0 Å². The third kappa shape index (κ3) is 5.03. The van der Waals surface area contributed by atoms with E-state index in [0.29, 0.717) is 50.1 Å². The van der Waals surface area contributed by atoms with Crippen molar-refractivity contribution in [1.29, 1.82) is 5.26 Å². The van der Waals surface area contributed by atoms with Crippen molar-refractivity contribution < 1.29 is 22.7 Å². The summed E-state index contributed by atoms with van der Waals surface area (Å²) in [5, 5.41) is 9.10. The Hall–Kier alpha value is -3.19. The molecular formula is C26H28F3N5O2. The zero-order valence-electron chi connectivity index (χ0n) is 19.9. The second-order valence-corrected chi connectivity index (χ2v) is 10.1. The van der Waals surface area contributed by atoms with Gasteiger partial charge in [0.05, 0.1) is 23.8 Å². The molecule has 5 rings (SSSR count). The average Bonchev–Trinajstić information content (AvgIpc) is 3.65. The Morgan fingerprint density at radius 3 is 2.61 bits per heavy atom. The molecule has 1 unspecified atom stereocenters. The van der Waals surface area contributed by atoms with E-state index in [2.05, 4.69) is 9.97 Å². The van der Waals surface area contributed by atoms with E-state index in [1.807, 2.05) is 9.80 Å². The lowest BCUT2D eigenvalue weighted by atomic mass is 9.71. The lowest BCUT2D eigenvalue weighted by Gasteiger charge is -2.43. The largest absolute Gasteiger partial charge is 0.417 e. The smallest absolute Gasteiger partial charge is 0.381 e. The molecule has 3 aliphatic rings. The predicted molar refractivity (Wildman–Crippen MR) is 125 cm³/mol. The number of benzene rings is 1. The zero-order chi connectivity index (χ0) is 25.3. The van der Waals surface area contributed by atoms with Crippen LogP contribution >= 0.6 is 0 Å². The van der Waals surface area contributed by atoms with Gasteiger partial charge in [-0.05, 0) is 61.3 Å². The molecule has 1 spiro atoms. The van der Waals surface area contributed by atoms with E-state index in [4.69, 9.17) is 10.00 Å². The van der Waals surface area contributed by atoms with Crippen molar-refractivity contribution >= 4 is 11.6 Å². The van der Waals surface area contributed by atoms with E-state index in [9.17, 15) is 18.0 Å². The number of alkyl halides is 3. The molecule has 0 bridgehead atoms. The summed E-state index contributed by atoms with van der Waals surface area (Å²) in [6.45, 7) is 3.59. The summed E-state index contributed by atoms with van der Waals surface area (Å²) >= 11 is 0. The fourth-order valence-electron chi connectivity index (χ4n) is 5.50. The second-order valence-electron chi connectivity index (χ2n) is 10.1.